The molecule has 7 nitrogen and oxygen atoms in total. The summed E-state index contributed by atoms with van der Waals surface area (Å²) in [7, 11) is 3.14. The summed E-state index contributed by atoms with van der Waals surface area (Å²) in [6.45, 7) is 6.34. The van der Waals surface area contributed by atoms with E-state index < -0.39 is 11.7 Å². The summed E-state index contributed by atoms with van der Waals surface area (Å²) in [5, 5.41) is 2.84. The van der Waals surface area contributed by atoms with Crippen molar-refractivity contribution in [2.45, 2.75) is 32.4 Å². The number of carbonyl (C=O) groups is 2. The average molecular weight is 374 g/mol. The van der Waals surface area contributed by atoms with E-state index in [9.17, 15) is 9.59 Å². The lowest BCUT2D eigenvalue weighted by molar-refractivity contribution is -0.141. The second kappa shape index (κ2) is 8.78. The molecule has 0 fully saturated rings. The summed E-state index contributed by atoms with van der Waals surface area (Å²) in [5.74, 6) is 6.53. The van der Waals surface area contributed by atoms with Crippen molar-refractivity contribution in [2.75, 3.05) is 33.9 Å². The summed E-state index contributed by atoms with van der Waals surface area (Å²) in [6, 6.07) is 5.26. The van der Waals surface area contributed by atoms with E-state index in [-0.39, 0.29) is 18.6 Å². The van der Waals surface area contributed by atoms with Crippen LogP contribution in [0.15, 0.2) is 18.2 Å². The zero-order chi connectivity index (χ0) is 20.0. The molecule has 0 unspecified atom stereocenters. The highest BCUT2D eigenvalue weighted by Crippen LogP contribution is 2.34. The Kier molecular flexibility index (Phi) is 6.70. The standard InChI is InChI=1S/C20H26N2O5/c1-20(2,3)27-19(24)21-15-13-26-16-10-6-8-14(18(15)16)9-7-11-22(4)12-17(23)25-5/h6,8,10,15H,11-13H2,1-5H3,(H,21,24)/t15-/m0/s1. The van der Waals surface area contributed by atoms with Gasteiger partial charge in [0.1, 0.15) is 18.0 Å². The SMILES string of the molecule is COC(=O)CN(C)CC#Cc1cccc2c1[C@@H](NC(=O)OC(C)(C)C)CO2. The summed E-state index contributed by atoms with van der Waals surface area (Å²) >= 11 is 0. The van der Waals surface area contributed by atoms with Crippen LogP contribution in [0.5, 0.6) is 5.75 Å². The smallest absolute Gasteiger partial charge is 0.408 e. The van der Waals surface area contributed by atoms with E-state index in [1.54, 1.807) is 11.9 Å². The van der Waals surface area contributed by atoms with Gasteiger partial charge in [-0.25, -0.2) is 4.79 Å². The third-order valence-corrected chi connectivity index (χ3v) is 3.71. The molecule has 0 saturated heterocycles. The number of carbonyl (C=O) groups excluding carboxylic acids is 2. The lowest BCUT2D eigenvalue weighted by Crippen LogP contribution is -2.35. The lowest BCUT2D eigenvalue weighted by atomic mass is 10.0. The van der Waals surface area contributed by atoms with Crippen LogP contribution in [0.1, 0.15) is 37.9 Å². The zero-order valence-electron chi connectivity index (χ0n) is 16.4. The number of benzene rings is 1. The number of alkyl carbamates (subject to hydrolysis) is 1. The van der Waals surface area contributed by atoms with Crippen LogP contribution in [0.3, 0.4) is 0 Å². The van der Waals surface area contributed by atoms with Crippen LogP contribution in [-0.4, -0.2) is 56.4 Å². The average Bonchev–Trinajstić information content (AvgIpc) is 2.96. The molecule has 1 aromatic carbocycles. The summed E-state index contributed by atoms with van der Waals surface area (Å²) in [4.78, 5) is 25.1. The second-order valence-electron chi connectivity index (χ2n) is 7.28. The maximum atomic E-state index is 12.1. The van der Waals surface area contributed by atoms with Crippen molar-refractivity contribution >= 4 is 12.1 Å². The molecule has 1 aliphatic rings. The summed E-state index contributed by atoms with van der Waals surface area (Å²) < 4.78 is 15.6. The maximum absolute atomic E-state index is 12.1. The molecular weight excluding hydrogens is 348 g/mol. The van der Waals surface area contributed by atoms with E-state index >= 15 is 0 Å². The van der Waals surface area contributed by atoms with Crippen molar-refractivity contribution in [3.8, 4) is 17.6 Å². The minimum absolute atomic E-state index is 0.171. The Bertz CT molecular complexity index is 758. The number of nitrogens with one attached hydrogen (secondary N) is 1. The van der Waals surface area contributed by atoms with E-state index in [0.717, 1.165) is 11.1 Å². The van der Waals surface area contributed by atoms with E-state index in [1.165, 1.54) is 7.11 Å². The van der Waals surface area contributed by atoms with Gasteiger partial charge in [-0.1, -0.05) is 17.9 Å². The molecule has 1 heterocycles. The third-order valence-electron chi connectivity index (χ3n) is 3.71. The molecule has 1 N–H and O–H groups in total. The number of hydrogen-bond acceptors (Lipinski definition) is 6. The molecule has 7 heteroatoms. The van der Waals surface area contributed by atoms with Crippen LogP contribution in [0.4, 0.5) is 4.79 Å². The molecule has 1 aliphatic heterocycles. The fourth-order valence-electron chi connectivity index (χ4n) is 2.57. The number of rotatable bonds is 4. The summed E-state index contributed by atoms with van der Waals surface area (Å²) in [6.07, 6.45) is -0.496. The highest BCUT2D eigenvalue weighted by molar-refractivity contribution is 5.71. The number of esters is 1. The first-order valence-corrected chi connectivity index (χ1v) is 8.69. The fourth-order valence-corrected chi connectivity index (χ4v) is 2.57. The Morgan fingerprint density at radius 1 is 1.37 bits per heavy atom. The molecule has 1 atom stereocenters. The molecule has 27 heavy (non-hydrogen) atoms. The highest BCUT2D eigenvalue weighted by atomic mass is 16.6. The Hall–Kier alpha value is -2.72. The van der Waals surface area contributed by atoms with Crippen molar-refractivity contribution in [1.82, 2.24) is 10.2 Å². The van der Waals surface area contributed by atoms with Gasteiger partial charge in [-0.15, -0.1) is 0 Å². The first kappa shape index (κ1) is 20.6. The number of hydrogen-bond donors (Lipinski definition) is 1. The number of fused-ring (bicyclic) bond motifs is 1. The number of nitrogens with zero attached hydrogens (tertiary/aromatic N) is 1. The van der Waals surface area contributed by atoms with E-state index in [0.29, 0.717) is 18.9 Å². The molecule has 0 aliphatic carbocycles. The molecule has 2 rings (SSSR count). The van der Waals surface area contributed by atoms with Crippen LogP contribution in [-0.2, 0) is 14.3 Å². The monoisotopic (exact) mass is 374 g/mol. The van der Waals surface area contributed by atoms with Crippen molar-refractivity contribution in [3.63, 3.8) is 0 Å². The Morgan fingerprint density at radius 3 is 2.78 bits per heavy atom. The molecule has 0 spiro atoms. The lowest BCUT2D eigenvalue weighted by Gasteiger charge is -2.21. The van der Waals surface area contributed by atoms with Crippen LogP contribution in [0.2, 0.25) is 0 Å². The van der Waals surface area contributed by atoms with Crippen molar-refractivity contribution in [2.24, 2.45) is 0 Å². The van der Waals surface area contributed by atoms with Crippen molar-refractivity contribution in [1.29, 1.82) is 0 Å². The van der Waals surface area contributed by atoms with Crippen molar-refractivity contribution in [3.05, 3.63) is 29.3 Å². The minimum atomic E-state index is -0.573. The van der Waals surface area contributed by atoms with Gasteiger partial charge in [0, 0.05) is 11.1 Å². The highest BCUT2D eigenvalue weighted by Gasteiger charge is 2.29. The predicted octanol–water partition coefficient (Wildman–Crippen LogP) is 2.10. The van der Waals surface area contributed by atoms with Gasteiger partial charge < -0.3 is 19.5 Å². The number of amides is 1. The van der Waals surface area contributed by atoms with Gasteiger partial charge in [-0.05, 0) is 40.0 Å². The largest absolute Gasteiger partial charge is 0.491 e. The van der Waals surface area contributed by atoms with Gasteiger partial charge in [-0.3, -0.25) is 9.69 Å². The molecule has 1 amide bonds. The molecule has 0 saturated carbocycles. The molecular formula is C20H26N2O5. The van der Waals surface area contributed by atoms with Gasteiger partial charge in [-0.2, -0.15) is 0 Å². The number of likely N-dealkylation sites (N-methyl/N-ethyl adjacent to an activating group) is 1. The van der Waals surface area contributed by atoms with Crippen LogP contribution >= 0.6 is 0 Å². The van der Waals surface area contributed by atoms with Gasteiger partial charge in [0.2, 0.25) is 0 Å². The Labute approximate surface area is 160 Å². The molecule has 0 bridgehead atoms. The van der Waals surface area contributed by atoms with E-state index in [2.05, 4.69) is 21.9 Å². The van der Waals surface area contributed by atoms with E-state index in [1.807, 2.05) is 39.0 Å². The minimum Gasteiger partial charge on any atom is -0.491 e. The predicted molar refractivity (Wildman–Crippen MR) is 100 cm³/mol. The fraction of sp³-hybridized carbons (Fsp3) is 0.500. The van der Waals surface area contributed by atoms with E-state index in [4.69, 9.17) is 9.47 Å². The van der Waals surface area contributed by atoms with Gasteiger partial charge >= 0.3 is 12.1 Å². The quantitative estimate of drug-likeness (QED) is 0.642. The molecule has 0 aromatic heterocycles. The van der Waals surface area contributed by atoms with Crippen LogP contribution < -0.4 is 10.1 Å². The Morgan fingerprint density at radius 2 is 2.11 bits per heavy atom. The van der Waals surface area contributed by atoms with Gasteiger partial charge in [0.05, 0.1) is 26.2 Å². The molecule has 1 aromatic rings. The molecule has 146 valence electrons. The summed E-state index contributed by atoms with van der Waals surface area (Å²) in [5.41, 5.74) is 1.04. The normalized spacial score (nSPS) is 15.3. The third kappa shape index (κ3) is 6.19. The second-order valence-corrected chi connectivity index (χ2v) is 7.28. The van der Waals surface area contributed by atoms with Crippen molar-refractivity contribution < 1.29 is 23.8 Å². The zero-order valence-corrected chi connectivity index (χ0v) is 16.4. The molecule has 0 radical (unpaired) electrons. The van der Waals surface area contributed by atoms with Crippen LogP contribution in [0, 0.1) is 11.8 Å². The first-order valence-electron chi connectivity index (χ1n) is 8.69. The Balaban J connectivity index is 2.09. The number of ether oxygens (including phenoxy) is 3. The van der Waals surface area contributed by atoms with Gasteiger partial charge in [0.15, 0.2) is 0 Å². The first-order chi connectivity index (χ1) is 12.7. The number of methoxy groups -OCH3 is 1. The van der Waals surface area contributed by atoms with Crippen LogP contribution in [0.25, 0.3) is 0 Å². The maximum Gasteiger partial charge on any atom is 0.408 e. The topological polar surface area (TPSA) is 77.1 Å². The van der Waals surface area contributed by atoms with Gasteiger partial charge in [0.25, 0.3) is 0 Å².